The lowest BCUT2D eigenvalue weighted by atomic mass is 9.78. The fraction of sp³-hybridized carbons (Fsp3) is 0.158. The standard InChI is InChI=1S/C19H6F6O6/c20-17(18(21,22)19(23,24)25,7-4-5-8-10(6-7)15(28)30-13(8)26)11-3-1-2-9-12(11)16(29)31-14(9)27/h1-6H. The Labute approximate surface area is 167 Å². The Balaban J connectivity index is 2.07. The molecule has 1 atom stereocenters. The van der Waals surface area contributed by atoms with Gasteiger partial charge in [0.25, 0.3) is 0 Å². The highest BCUT2D eigenvalue weighted by Crippen LogP contribution is 2.56. The SMILES string of the molecule is O=C1OC(=O)c2cc(C(F)(c3cccc4c3C(=O)OC4=O)C(F)(F)C(F)(F)F)ccc21. The Bertz CT molecular complexity index is 1200. The van der Waals surface area contributed by atoms with Crippen LogP contribution in [0.25, 0.3) is 0 Å². The van der Waals surface area contributed by atoms with Gasteiger partial charge in [0.1, 0.15) is 0 Å². The van der Waals surface area contributed by atoms with E-state index in [0.29, 0.717) is 24.3 Å². The molecule has 1 unspecified atom stereocenters. The van der Waals surface area contributed by atoms with Crippen LogP contribution in [0.15, 0.2) is 36.4 Å². The second kappa shape index (κ2) is 6.15. The molecule has 2 heterocycles. The third-order valence-electron chi connectivity index (χ3n) is 4.88. The van der Waals surface area contributed by atoms with Gasteiger partial charge in [-0.3, -0.25) is 0 Å². The summed E-state index contributed by atoms with van der Waals surface area (Å²) >= 11 is 0. The maximum absolute atomic E-state index is 16.2. The predicted octanol–water partition coefficient (Wildman–Crippen LogP) is 3.72. The van der Waals surface area contributed by atoms with E-state index in [1.807, 2.05) is 0 Å². The summed E-state index contributed by atoms with van der Waals surface area (Å²) in [5.74, 6) is -11.7. The predicted molar refractivity (Wildman–Crippen MR) is 85.3 cm³/mol. The van der Waals surface area contributed by atoms with Crippen LogP contribution in [0.1, 0.15) is 52.6 Å². The summed E-state index contributed by atoms with van der Waals surface area (Å²) in [4.78, 5) is 46.9. The number of carbonyl (C=O) groups is 4. The van der Waals surface area contributed by atoms with Crippen LogP contribution in [-0.4, -0.2) is 36.0 Å². The third kappa shape index (κ3) is 2.60. The van der Waals surface area contributed by atoms with Gasteiger partial charge in [0.2, 0.25) is 5.67 Å². The molecule has 0 radical (unpaired) electrons. The number of hydrogen-bond donors (Lipinski definition) is 0. The van der Waals surface area contributed by atoms with E-state index in [2.05, 4.69) is 9.47 Å². The van der Waals surface area contributed by atoms with Crippen molar-refractivity contribution < 1.29 is 55.0 Å². The lowest BCUT2D eigenvalue weighted by Gasteiger charge is -2.36. The molecule has 0 saturated carbocycles. The fourth-order valence-electron chi connectivity index (χ4n) is 3.42. The molecule has 0 spiro atoms. The van der Waals surface area contributed by atoms with Crippen molar-refractivity contribution in [3.8, 4) is 0 Å². The maximum Gasteiger partial charge on any atom is 0.457 e. The Kier molecular flexibility index (Phi) is 4.08. The molecular weight excluding hydrogens is 438 g/mol. The number of halogens is 6. The van der Waals surface area contributed by atoms with Gasteiger partial charge in [0.05, 0.1) is 22.3 Å². The van der Waals surface area contributed by atoms with Crippen molar-refractivity contribution in [1.82, 2.24) is 0 Å². The van der Waals surface area contributed by atoms with Gasteiger partial charge >= 0.3 is 36.0 Å². The summed E-state index contributed by atoms with van der Waals surface area (Å²) in [7, 11) is 0. The van der Waals surface area contributed by atoms with Crippen LogP contribution in [0.3, 0.4) is 0 Å². The lowest BCUT2D eigenvalue weighted by molar-refractivity contribution is -0.323. The van der Waals surface area contributed by atoms with Crippen LogP contribution in [0, 0.1) is 0 Å². The zero-order chi connectivity index (χ0) is 22.9. The Morgan fingerprint density at radius 1 is 0.645 bits per heavy atom. The normalized spacial score (nSPS) is 17.7. The Morgan fingerprint density at radius 3 is 1.87 bits per heavy atom. The number of ether oxygens (including phenoxy) is 2. The van der Waals surface area contributed by atoms with Gasteiger partial charge in [0.15, 0.2) is 0 Å². The number of esters is 4. The molecule has 0 aliphatic carbocycles. The highest BCUT2D eigenvalue weighted by Gasteiger charge is 2.73. The number of benzene rings is 2. The minimum absolute atomic E-state index is 0.309. The van der Waals surface area contributed by atoms with Crippen molar-refractivity contribution >= 4 is 23.9 Å². The van der Waals surface area contributed by atoms with E-state index in [-0.39, 0.29) is 0 Å². The first-order chi connectivity index (χ1) is 14.3. The number of cyclic esters (lactones) is 4. The summed E-state index contributed by atoms with van der Waals surface area (Å²) in [6.45, 7) is 0. The van der Waals surface area contributed by atoms with Crippen molar-refractivity contribution in [2.24, 2.45) is 0 Å². The van der Waals surface area contributed by atoms with E-state index < -0.39 is 75.0 Å². The first-order valence-corrected chi connectivity index (χ1v) is 8.25. The molecule has 12 heteroatoms. The lowest BCUT2D eigenvalue weighted by Crippen LogP contribution is -2.53. The average Bonchev–Trinajstić information content (AvgIpc) is 3.15. The highest BCUT2D eigenvalue weighted by molar-refractivity contribution is 6.16. The zero-order valence-electron chi connectivity index (χ0n) is 14.7. The van der Waals surface area contributed by atoms with Gasteiger partial charge < -0.3 is 9.47 Å². The molecule has 0 aromatic heterocycles. The molecule has 0 bridgehead atoms. The van der Waals surface area contributed by atoms with Gasteiger partial charge in [0, 0.05) is 11.1 Å². The molecule has 2 aromatic carbocycles. The number of carbonyl (C=O) groups excluding carboxylic acids is 4. The van der Waals surface area contributed by atoms with Gasteiger partial charge in [-0.1, -0.05) is 18.2 Å². The molecular formula is C19H6F6O6. The summed E-state index contributed by atoms with van der Waals surface area (Å²) in [5, 5.41) is 0. The summed E-state index contributed by atoms with van der Waals surface area (Å²) in [6, 6.07) is 3.53. The number of rotatable bonds is 3. The molecule has 31 heavy (non-hydrogen) atoms. The van der Waals surface area contributed by atoms with Gasteiger partial charge in [-0.2, -0.15) is 22.0 Å². The van der Waals surface area contributed by atoms with Crippen LogP contribution >= 0.6 is 0 Å². The smallest absolute Gasteiger partial charge is 0.386 e. The van der Waals surface area contributed by atoms with Crippen molar-refractivity contribution in [2.45, 2.75) is 17.8 Å². The molecule has 0 fully saturated rings. The molecule has 0 saturated heterocycles. The summed E-state index contributed by atoms with van der Waals surface area (Å²) in [6.07, 6.45) is -6.47. The average molecular weight is 444 g/mol. The van der Waals surface area contributed by atoms with Crippen molar-refractivity contribution in [1.29, 1.82) is 0 Å². The molecule has 0 N–H and O–H groups in total. The highest BCUT2D eigenvalue weighted by atomic mass is 19.4. The number of hydrogen-bond acceptors (Lipinski definition) is 6. The summed E-state index contributed by atoms with van der Waals surface area (Å²) in [5.41, 5.74) is -10.7. The maximum atomic E-state index is 16.2. The Morgan fingerprint density at radius 2 is 1.23 bits per heavy atom. The molecule has 6 nitrogen and oxygen atoms in total. The van der Waals surface area contributed by atoms with Crippen LogP contribution in [0.4, 0.5) is 26.3 Å². The van der Waals surface area contributed by atoms with Crippen LogP contribution in [0.5, 0.6) is 0 Å². The number of alkyl halides is 6. The minimum Gasteiger partial charge on any atom is -0.386 e. The largest absolute Gasteiger partial charge is 0.457 e. The van der Waals surface area contributed by atoms with Gasteiger partial charge in [-0.15, -0.1) is 0 Å². The monoisotopic (exact) mass is 444 g/mol. The molecule has 4 rings (SSSR count). The van der Waals surface area contributed by atoms with Crippen molar-refractivity contribution in [3.63, 3.8) is 0 Å². The minimum atomic E-state index is -6.47. The van der Waals surface area contributed by atoms with Crippen molar-refractivity contribution in [3.05, 3.63) is 69.8 Å². The first kappa shape index (κ1) is 20.6. The molecule has 160 valence electrons. The molecule has 0 amide bonds. The van der Waals surface area contributed by atoms with E-state index in [1.165, 1.54) is 0 Å². The molecule has 2 aliphatic heterocycles. The van der Waals surface area contributed by atoms with E-state index in [1.54, 1.807) is 0 Å². The van der Waals surface area contributed by atoms with Gasteiger partial charge in [-0.05, 0) is 18.2 Å². The van der Waals surface area contributed by atoms with E-state index >= 15 is 4.39 Å². The second-order valence-corrected chi connectivity index (χ2v) is 6.57. The van der Waals surface area contributed by atoms with Crippen molar-refractivity contribution in [2.75, 3.05) is 0 Å². The second-order valence-electron chi connectivity index (χ2n) is 6.57. The van der Waals surface area contributed by atoms with Gasteiger partial charge in [-0.25, -0.2) is 23.6 Å². The topological polar surface area (TPSA) is 86.7 Å². The molecule has 2 aromatic rings. The third-order valence-corrected chi connectivity index (χ3v) is 4.88. The van der Waals surface area contributed by atoms with E-state index in [0.717, 1.165) is 12.1 Å². The first-order valence-electron chi connectivity index (χ1n) is 8.25. The van der Waals surface area contributed by atoms with Crippen LogP contribution < -0.4 is 0 Å². The number of fused-ring (bicyclic) bond motifs is 2. The van der Waals surface area contributed by atoms with E-state index in [4.69, 9.17) is 0 Å². The Hall–Kier alpha value is -3.70. The zero-order valence-corrected chi connectivity index (χ0v) is 14.7. The molecule has 2 aliphatic rings. The van der Waals surface area contributed by atoms with Crippen LogP contribution in [-0.2, 0) is 15.1 Å². The summed E-state index contributed by atoms with van der Waals surface area (Å²) < 4.78 is 93.9. The fourth-order valence-corrected chi connectivity index (χ4v) is 3.42. The van der Waals surface area contributed by atoms with Crippen LogP contribution in [0.2, 0.25) is 0 Å². The quantitative estimate of drug-likeness (QED) is 0.408. The van der Waals surface area contributed by atoms with E-state index in [9.17, 15) is 41.1 Å².